The Labute approximate surface area is 199 Å². The number of carbonyl (C=O) groups excluding carboxylic acids is 2. The summed E-state index contributed by atoms with van der Waals surface area (Å²) in [5, 5.41) is 17.1. The number of aryl methyl sites for hydroxylation is 2. The molecule has 4 rings (SSSR count). The molecule has 2 aromatic carbocycles. The van der Waals surface area contributed by atoms with Gasteiger partial charge in [-0.3, -0.25) is 19.7 Å². The fourth-order valence-electron chi connectivity index (χ4n) is 3.56. The monoisotopic (exact) mass is 478 g/mol. The Kier molecular flexibility index (Phi) is 5.80. The summed E-state index contributed by atoms with van der Waals surface area (Å²) in [5.41, 5.74) is 8.49. The summed E-state index contributed by atoms with van der Waals surface area (Å²) in [7, 11) is 0. The number of nitrogens with two attached hydrogens (primary N) is 1. The zero-order chi connectivity index (χ0) is 24.7. The Morgan fingerprint density at radius 1 is 1.15 bits per heavy atom. The summed E-state index contributed by atoms with van der Waals surface area (Å²) in [6.45, 7) is 5.33. The maximum atomic E-state index is 13.0. The minimum absolute atomic E-state index is 0.0613. The molecule has 0 saturated heterocycles. The number of nitro groups is 1. The van der Waals surface area contributed by atoms with Crippen LogP contribution in [0.3, 0.4) is 0 Å². The summed E-state index contributed by atoms with van der Waals surface area (Å²) in [6.07, 6.45) is 1.52. The van der Waals surface area contributed by atoms with Crippen molar-refractivity contribution in [2.75, 3.05) is 5.01 Å². The maximum absolute atomic E-state index is 13.0. The van der Waals surface area contributed by atoms with Crippen LogP contribution >= 0.6 is 11.6 Å². The van der Waals surface area contributed by atoms with Crippen molar-refractivity contribution in [3.8, 4) is 11.3 Å². The van der Waals surface area contributed by atoms with Crippen LogP contribution in [-0.4, -0.2) is 22.4 Å². The second kappa shape index (κ2) is 8.60. The number of hydrogen-bond donors (Lipinski definition) is 1. The van der Waals surface area contributed by atoms with Gasteiger partial charge in [-0.2, -0.15) is 10.1 Å². The number of nitrogens with zero attached hydrogens (tertiary/aromatic N) is 3. The minimum Gasteiger partial charge on any atom is -0.456 e. The molecule has 0 aliphatic carbocycles. The molecule has 9 nitrogen and oxygen atoms in total. The highest BCUT2D eigenvalue weighted by atomic mass is 35.5. The highest BCUT2D eigenvalue weighted by Gasteiger charge is 2.30. The standard InChI is InChI=1S/C24H19ClN4O5/c1-12-8-19(21(29(32)33)9-13(12)2)22-7-5-16(34-22)11-18-14(3)27-28(24(18)31)15-4-6-17(23(26)30)20(25)10-15/h4-11H,1-3H3,(H2,26,30)/b18-11-. The van der Waals surface area contributed by atoms with Gasteiger partial charge in [-0.25, -0.2) is 0 Å². The summed E-state index contributed by atoms with van der Waals surface area (Å²) in [5.74, 6) is -0.450. The lowest BCUT2D eigenvalue weighted by atomic mass is 10.0. The molecule has 0 saturated carbocycles. The van der Waals surface area contributed by atoms with E-state index in [1.807, 2.05) is 6.92 Å². The summed E-state index contributed by atoms with van der Waals surface area (Å²) < 4.78 is 5.84. The largest absolute Gasteiger partial charge is 0.456 e. The van der Waals surface area contributed by atoms with Crippen molar-refractivity contribution in [1.82, 2.24) is 0 Å². The van der Waals surface area contributed by atoms with E-state index in [4.69, 9.17) is 21.8 Å². The number of amides is 2. The van der Waals surface area contributed by atoms with Gasteiger partial charge in [0, 0.05) is 6.07 Å². The quantitative estimate of drug-likeness (QED) is 0.312. The third-order valence-corrected chi connectivity index (χ3v) is 5.83. The molecule has 0 atom stereocenters. The van der Waals surface area contributed by atoms with Crippen molar-refractivity contribution in [3.05, 3.63) is 85.6 Å². The molecule has 3 aromatic rings. The highest BCUT2D eigenvalue weighted by molar-refractivity contribution is 6.35. The van der Waals surface area contributed by atoms with E-state index in [0.717, 1.165) is 16.1 Å². The van der Waals surface area contributed by atoms with Crippen LogP contribution in [0.5, 0.6) is 0 Å². The van der Waals surface area contributed by atoms with Crippen LogP contribution in [0, 0.1) is 24.0 Å². The fraction of sp³-hybridized carbons (Fsp3) is 0.125. The van der Waals surface area contributed by atoms with Gasteiger partial charge in [0.25, 0.3) is 11.6 Å². The van der Waals surface area contributed by atoms with Crippen molar-refractivity contribution in [2.45, 2.75) is 20.8 Å². The van der Waals surface area contributed by atoms with Gasteiger partial charge in [0.05, 0.1) is 38.0 Å². The van der Waals surface area contributed by atoms with Crippen LogP contribution in [0.15, 0.2) is 57.6 Å². The number of hydrogen-bond acceptors (Lipinski definition) is 6. The summed E-state index contributed by atoms with van der Waals surface area (Å²) >= 11 is 6.11. The lowest BCUT2D eigenvalue weighted by Crippen LogP contribution is -2.21. The van der Waals surface area contributed by atoms with Gasteiger partial charge in [-0.1, -0.05) is 11.6 Å². The third kappa shape index (κ3) is 4.08. The Balaban J connectivity index is 1.66. The van der Waals surface area contributed by atoms with Crippen molar-refractivity contribution in [2.24, 2.45) is 10.8 Å². The summed E-state index contributed by atoms with van der Waals surface area (Å²) in [6, 6.07) is 10.8. The Hall–Kier alpha value is -4.24. The Bertz CT molecular complexity index is 1440. The second-order valence-electron chi connectivity index (χ2n) is 7.80. The van der Waals surface area contributed by atoms with E-state index in [-0.39, 0.29) is 21.8 Å². The predicted molar refractivity (Wildman–Crippen MR) is 129 cm³/mol. The molecule has 0 unspecified atom stereocenters. The first-order valence-corrected chi connectivity index (χ1v) is 10.5. The van der Waals surface area contributed by atoms with Gasteiger partial charge >= 0.3 is 0 Å². The van der Waals surface area contributed by atoms with Gasteiger partial charge in [0.15, 0.2) is 0 Å². The SMILES string of the molecule is CC1=NN(c2ccc(C(N)=O)c(Cl)c2)C(=O)/C1=C\c1ccc(-c2cc(C)c(C)cc2[N+](=O)[O-])o1. The number of primary amides is 1. The molecule has 2 N–H and O–H groups in total. The Morgan fingerprint density at radius 2 is 1.85 bits per heavy atom. The van der Waals surface area contributed by atoms with Gasteiger partial charge in [0.2, 0.25) is 5.91 Å². The van der Waals surface area contributed by atoms with Crippen LogP contribution in [-0.2, 0) is 4.79 Å². The average Bonchev–Trinajstić information content (AvgIpc) is 3.35. The normalized spacial score (nSPS) is 14.6. The van der Waals surface area contributed by atoms with E-state index in [9.17, 15) is 19.7 Å². The zero-order valence-electron chi connectivity index (χ0n) is 18.5. The molecule has 2 heterocycles. The van der Waals surface area contributed by atoms with Crippen molar-refractivity contribution in [3.63, 3.8) is 0 Å². The number of furan rings is 1. The molecule has 1 aliphatic heterocycles. The number of anilines is 1. The van der Waals surface area contributed by atoms with E-state index < -0.39 is 16.7 Å². The number of rotatable bonds is 5. The van der Waals surface area contributed by atoms with Gasteiger partial charge in [-0.05, 0) is 74.4 Å². The van der Waals surface area contributed by atoms with E-state index in [2.05, 4.69) is 5.10 Å². The number of halogens is 1. The molecule has 0 radical (unpaired) electrons. The van der Waals surface area contributed by atoms with E-state index >= 15 is 0 Å². The third-order valence-electron chi connectivity index (χ3n) is 5.51. The predicted octanol–water partition coefficient (Wildman–Crippen LogP) is 5.03. The number of hydrazone groups is 1. The van der Waals surface area contributed by atoms with Crippen LogP contribution in [0.25, 0.3) is 17.4 Å². The zero-order valence-corrected chi connectivity index (χ0v) is 19.2. The van der Waals surface area contributed by atoms with Crippen LogP contribution < -0.4 is 10.7 Å². The molecule has 34 heavy (non-hydrogen) atoms. The fourth-order valence-corrected chi connectivity index (χ4v) is 3.83. The van der Waals surface area contributed by atoms with Crippen molar-refractivity contribution < 1.29 is 18.9 Å². The van der Waals surface area contributed by atoms with Crippen LogP contribution in [0.4, 0.5) is 11.4 Å². The van der Waals surface area contributed by atoms with Gasteiger partial charge < -0.3 is 10.2 Å². The average molecular weight is 479 g/mol. The lowest BCUT2D eigenvalue weighted by Gasteiger charge is -2.13. The lowest BCUT2D eigenvalue weighted by molar-refractivity contribution is -0.384. The van der Waals surface area contributed by atoms with Gasteiger partial charge in [0.1, 0.15) is 11.5 Å². The maximum Gasteiger partial charge on any atom is 0.280 e. The van der Waals surface area contributed by atoms with E-state index in [1.54, 1.807) is 32.0 Å². The topological polar surface area (TPSA) is 132 Å². The Morgan fingerprint density at radius 3 is 2.50 bits per heavy atom. The molecule has 1 aliphatic rings. The summed E-state index contributed by atoms with van der Waals surface area (Å²) in [4.78, 5) is 35.5. The number of carbonyl (C=O) groups is 2. The number of benzene rings is 2. The number of nitro benzene ring substituents is 1. The molecule has 2 amide bonds. The molecule has 10 heteroatoms. The van der Waals surface area contributed by atoms with Crippen molar-refractivity contribution >= 4 is 46.6 Å². The van der Waals surface area contributed by atoms with E-state index in [1.165, 1.54) is 30.3 Å². The molecule has 0 spiro atoms. The first kappa shape index (κ1) is 22.9. The van der Waals surface area contributed by atoms with Crippen LogP contribution in [0.1, 0.15) is 34.2 Å². The van der Waals surface area contributed by atoms with Gasteiger partial charge in [-0.15, -0.1) is 0 Å². The first-order chi connectivity index (χ1) is 16.1. The minimum atomic E-state index is -0.679. The van der Waals surface area contributed by atoms with E-state index in [0.29, 0.717) is 28.5 Å². The molecule has 0 fully saturated rings. The molecule has 0 bridgehead atoms. The first-order valence-electron chi connectivity index (χ1n) is 10.1. The molecular formula is C24H19ClN4O5. The van der Waals surface area contributed by atoms with Crippen molar-refractivity contribution in [1.29, 1.82) is 0 Å². The van der Waals surface area contributed by atoms with Crippen LogP contribution in [0.2, 0.25) is 5.02 Å². The molecule has 172 valence electrons. The molecule has 1 aromatic heterocycles. The second-order valence-corrected chi connectivity index (χ2v) is 8.21. The highest BCUT2D eigenvalue weighted by Crippen LogP contribution is 2.35. The smallest absolute Gasteiger partial charge is 0.280 e. The molecular weight excluding hydrogens is 460 g/mol.